The molecule has 0 amide bonds. The summed E-state index contributed by atoms with van der Waals surface area (Å²) in [5.74, 6) is 4.74. The highest BCUT2D eigenvalue weighted by atomic mass is 16.3. The Morgan fingerprint density at radius 3 is 2.64 bits per heavy atom. The summed E-state index contributed by atoms with van der Waals surface area (Å²) < 4.78 is 0. The van der Waals surface area contributed by atoms with Crippen LogP contribution < -0.4 is 0 Å². The van der Waals surface area contributed by atoms with Crippen LogP contribution in [0.5, 0.6) is 0 Å². The number of aliphatic hydroxyl groups is 1. The van der Waals surface area contributed by atoms with E-state index in [0.717, 1.165) is 5.57 Å². The third-order valence-electron chi connectivity index (χ3n) is 1.59. The Hall–Kier alpha value is -1.44. The van der Waals surface area contributed by atoms with Gasteiger partial charge in [-0.2, -0.15) is 0 Å². The summed E-state index contributed by atoms with van der Waals surface area (Å²) in [6.45, 7) is 0. The van der Waals surface area contributed by atoms with Gasteiger partial charge in [0.1, 0.15) is 5.60 Å². The molecular weight excluding hydrogens is 136 g/mol. The lowest BCUT2D eigenvalue weighted by molar-refractivity contribution is 0.155. The van der Waals surface area contributed by atoms with Crippen molar-refractivity contribution >= 4 is 0 Å². The van der Waals surface area contributed by atoms with E-state index in [9.17, 15) is 5.11 Å². The van der Waals surface area contributed by atoms with Gasteiger partial charge >= 0.3 is 0 Å². The Kier molecular flexibility index (Phi) is 1.85. The molecule has 0 heterocycles. The minimum Gasteiger partial charge on any atom is -0.374 e. The Labute approximate surface area is 66.4 Å². The summed E-state index contributed by atoms with van der Waals surface area (Å²) in [4.78, 5) is 0. The third kappa shape index (κ3) is 1.52. The topological polar surface area (TPSA) is 20.2 Å². The molecular formula is C10H8O. The van der Waals surface area contributed by atoms with Gasteiger partial charge in [-0.25, -0.2) is 0 Å². The van der Waals surface area contributed by atoms with Crippen molar-refractivity contribution in [1.29, 1.82) is 0 Å². The third-order valence-corrected chi connectivity index (χ3v) is 1.59. The van der Waals surface area contributed by atoms with E-state index in [2.05, 4.69) is 11.8 Å². The minimum absolute atomic E-state index is 0.402. The van der Waals surface area contributed by atoms with E-state index in [0.29, 0.717) is 6.42 Å². The average molecular weight is 144 g/mol. The molecule has 0 radical (unpaired) electrons. The van der Waals surface area contributed by atoms with E-state index in [1.54, 1.807) is 18.2 Å². The van der Waals surface area contributed by atoms with Crippen molar-refractivity contribution in [2.24, 2.45) is 0 Å². The summed E-state index contributed by atoms with van der Waals surface area (Å²) in [6.07, 6.45) is 15.6. The maximum atomic E-state index is 9.46. The number of hydrogen-bond donors (Lipinski definition) is 1. The highest BCUT2D eigenvalue weighted by molar-refractivity contribution is 5.42. The van der Waals surface area contributed by atoms with Gasteiger partial charge in [0.05, 0.1) is 0 Å². The van der Waals surface area contributed by atoms with Gasteiger partial charge in [-0.15, -0.1) is 12.8 Å². The smallest absolute Gasteiger partial charge is 0.147 e. The van der Waals surface area contributed by atoms with Crippen LogP contribution in [0.2, 0.25) is 0 Å². The van der Waals surface area contributed by atoms with E-state index in [-0.39, 0.29) is 0 Å². The van der Waals surface area contributed by atoms with E-state index in [4.69, 9.17) is 12.8 Å². The highest BCUT2D eigenvalue weighted by Crippen LogP contribution is 2.19. The minimum atomic E-state index is -1.12. The van der Waals surface area contributed by atoms with Crippen molar-refractivity contribution in [2.45, 2.75) is 12.0 Å². The van der Waals surface area contributed by atoms with Gasteiger partial charge in [0.15, 0.2) is 0 Å². The zero-order chi connectivity index (χ0) is 8.32. The van der Waals surface area contributed by atoms with E-state index in [1.807, 2.05) is 0 Å². The molecule has 1 N–H and O–H groups in total. The van der Waals surface area contributed by atoms with Gasteiger partial charge in [-0.1, -0.05) is 17.9 Å². The molecule has 0 bridgehead atoms. The van der Waals surface area contributed by atoms with Crippen molar-refractivity contribution < 1.29 is 5.11 Å². The van der Waals surface area contributed by atoms with Crippen LogP contribution in [0.3, 0.4) is 0 Å². The molecule has 0 aliphatic heterocycles. The molecule has 1 nitrogen and oxygen atoms in total. The van der Waals surface area contributed by atoms with Crippen LogP contribution in [0.4, 0.5) is 0 Å². The first-order chi connectivity index (χ1) is 5.20. The summed E-state index contributed by atoms with van der Waals surface area (Å²) in [7, 11) is 0. The van der Waals surface area contributed by atoms with Crippen molar-refractivity contribution in [1.82, 2.24) is 0 Å². The molecule has 0 aromatic rings. The molecule has 0 saturated heterocycles. The molecule has 1 aliphatic carbocycles. The Morgan fingerprint density at radius 1 is 1.55 bits per heavy atom. The monoisotopic (exact) mass is 144 g/mol. The van der Waals surface area contributed by atoms with Crippen LogP contribution in [0, 0.1) is 24.7 Å². The van der Waals surface area contributed by atoms with Crippen molar-refractivity contribution in [3.8, 4) is 24.7 Å². The summed E-state index contributed by atoms with van der Waals surface area (Å²) in [5.41, 5.74) is -0.356. The van der Waals surface area contributed by atoms with Crippen LogP contribution in [0.25, 0.3) is 0 Å². The van der Waals surface area contributed by atoms with Crippen molar-refractivity contribution in [3.05, 3.63) is 23.8 Å². The lowest BCUT2D eigenvalue weighted by Gasteiger charge is -2.18. The van der Waals surface area contributed by atoms with Gasteiger partial charge in [-0.3, -0.25) is 0 Å². The lowest BCUT2D eigenvalue weighted by atomic mass is 9.93. The van der Waals surface area contributed by atoms with Gasteiger partial charge in [0.25, 0.3) is 0 Å². The quantitative estimate of drug-likeness (QED) is 0.500. The molecule has 54 valence electrons. The second kappa shape index (κ2) is 2.66. The van der Waals surface area contributed by atoms with Crippen LogP contribution in [-0.2, 0) is 0 Å². The largest absolute Gasteiger partial charge is 0.374 e. The maximum Gasteiger partial charge on any atom is 0.147 e. The van der Waals surface area contributed by atoms with Crippen molar-refractivity contribution in [3.63, 3.8) is 0 Å². The predicted molar refractivity (Wildman–Crippen MR) is 44.5 cm³/mol. The Balaban J connectivity index is 2.83. The summed E-state index contributed by atoms with van der Waals surface area (Å²) in [5, 5.41) is 9.46. The van der Waals surface area contributed by atoms with Crippen LogP contribution in [-0.4, -0.2) is 10.7 Å². The normalized spacial score (nSPS) is 28.5. The summed E-state index contributed by atoms with van der Waals surface area (Å²) >= 11 is 0. The van der Waals surface area contributed by atoms with E-state index in [1.165, 1.54) is 0 Å². The molecule has 0 fully saturated rings. The molecule has 11 heavy (non-hydrogen) atoms. The fraction of sp³-hybridized carbons (Fsp3) is 0.200. The van der Waals surface area contributed by atoms with E-state index >= 15 is 0 Å². The van der Waals surface area contributed by atoms with E-state index < -0.39 is 5.60 Å². The molecule has 1 unspecified atom stereocenters. The fourth-order valence-corrected chi connectivity index (χ4v) is 0.843. The Bertz CT molecular complexity index is 296. The number of rotatable bonds is 0. The molecule has 1 atom stereocenters. The number of terminal acetylenes is 2. The van der Waals surface area contributed by atoms with Crippen LogP contribution >= 0.6 is 0 Å². The first-order valence-corrected chi connectivity index (χ1v) is 3.26. The summed E-state index contributed by atoms with van der Waals surface area (Å²) in [6, 6.07) is 0. The average Bonchev–Trinajstić information content (AvgIpc) is 2.06. The highest BCUT2D eigenvalue weighted by Gasteiger charge is 2.20. The Morgan fingerprint density at radius 2 is 2.27 bits per heavy atom. The molecule has 1 rings (SSSR count). The lowest BCUT2D eigenvalue weighted by Crippen LogP contribution is -2.23. The second-order valence-electron chi connectivity index (χ2n) is 2.41. The second-order valence-corrected chi connectivity index (χ2v) is 2.41. The maximum absolute atomic E-state index is 9.46. The SMILES string of the molecule is C#CC1=CCC(O)(C#C)C=C1. The molecule has 0 aromatic carbocycles. The fourth-order valence-electron chi connectivity index (χ4n) is 0.843. The number of hydrogen-bond acceptors (Lipinski definition) is 1. The van der Waals surface area contributed by atoms with Gasteiger partial charge in [0.2, 0.25) is 0 Å². The van der Waals surface area contributed by atoms with Crippen molar-refractivity contribution in [2.75, 3.05) is 0 Å². The van der Waals surface area contributed by atoms with Gasteiger partial charge < -0.3 is 5.11 Å². The van der Waals surface area contributed by atoms with Crippen LogP contribution in [0.1, 0.15) is 6.42 Å². The molecule has 0 aromatic heterocycles. The first kappa shape index (κ1) is 7.66. The zero-order valence-electron chi connectivity index (χ0n) is 6.04. The van der Waals surface area contributed by atoms with Gasteiger partial charge in [0, 0.05) is 12.0 Å². The zero-order valence-corrected chi connectivity index (χ0v) is 6.04. The molecule has 1 aliphatic rings. The first-order valence-electron chi connectivity index (χ1n) is 3.26. The van der Waals surface area contributed by atoms with Gasteiger partial charge in [-0.05, 0) is 12.2 Å². The van der Waals surface area contributed by atoms with Crippen LogP contribution in [0.15, 0.2) is 23.8 Å². The molecule has 1 heteroatoms. The standard InChI is InChI=1S/C10H8O/c1-3-9-5-7-10(11,4-2)8-6-9/h1-2,5-7,11H,8H2. The molecule has 0 saturated carbocycles. The molecule has 0 spiro atoms. The number of allylic oxidation sites excluding steroid dienone is 2. The predicted octanol–water partition coefficient (Wildman–Crippen LogP) is 0.870.